The topological polar surface area (TPSA) is 122 Å². The zero-order valence-corrected chi connectivity index (χ0v) is 18.4. The van der Waals surface area contributed by atoms with Crippen molar-refractivity contribution in [2.45, 2.75) is 31.7 Å². The van der Waals surface area contributed by atoms with Crippen LogP contribution in [0.15, 0.2) is 43.0 Å². The van der Waals surface area contributed by atoms with Crippen molar-refractivity contribution in [3.63, 3.8) is 0 Å². The number of halogens is 1. The van der Waals surface area contributed by atoms with E-state index in [1.807, 2.05) is 35.2 Å². The Bertz CT molecular complexity index is 1330. The number of fused-ring (bicyclic) bond motifs is 4. The van der Waals surface area contributed by atoms with Crippen molar-refractivity contribution < 1.29 is 9.90 Å². The fourth-order valence-electron chi connectivity index (χ4n) is 5.47. The fourth-order valence-corrected chi connectivity index (χ4v) is 5.61. The summed E-state index contributed by atoms with van der Waals surface area (Å²) in [6.07, 6.45) is 11.1. The lowest BCUT2D eigenvalue weighted by molar-refractivity contribution is -0.148. The summed E-state index contributed by atoms with van der Waals surface area (Å²) in [4.78, 5) is 33.4. The molecule has 3 aliphatic carbocycles. The summed E-state index contributed by atoms with van der Waals surface area (Å²) in [5.74, 6) is 1.11. The lowest BCUT2D eigenvalue weighted by atomic mass is 9.61. The van der Waals surface area contributed by atoms with Crippen LogP contribution in [0.25, 0.3) is 28.4 Å². The number of hydrogen-bond acceptors (Lipinski definition) is 6. The Labute approximate surface area is 194 Å². The Hall–Kier alpha value is -3.46. The van der Waals surface area contributed by atoms with Gasteiger partial charge in [0.1, 0.15) is 22.3 Å². The smallest absolute Gasteiger partial charge is 0.308 e. The molecule has 1 unspecified atom stereocenters. The molecule has 3 N–H and O–H groups in total. The molecule has 2 atom stereocenters. The first-order valence-corrected chi connectivity index (χ1v) is 11.5. The molecule has 0 amide bonds. The van der Waals surface area contributed by atoms with E-state index >= 15 is 0 Å². The summed E-state index contributed by atoms with van der Waals surface area (Å²) in [5.41, 5.74) is 1.85. The molecule has 3 aliphatic rings. The second-order valence-corrected chi connectivity index (χ2v) is 9.21. The van der Waals surface area contributed by atoms with E-state index in [0.717, 1.165) is 25.7 Å². The number of hydrogen-bond donors (Lipinski definition) is 3. The van der Waals surface area contributed by atoms with Gasteiger partial charge in [-0.05, 0) is 49.7 Å². The lowest BCUT2D eigenvalue weighted by Gasteiger charge is -2.47. The SMILES string of the molecule is O=C(O)[C@H]1C2CCC(CC2)C1Nc1cc(-n2cccc2)nc(-c2c[nH]c3ncc(Cl)nc23)n1. The first kappa shape index (κ1) is 20.2. The van der Waals surface area contributed by atoms with Gasteiger partial charge >= 0.3 is 5.97 Å². The van der Waals surface area contributed by atoms with E-state index in [4.69, 9.17) is 21.6 Å². The number of H-pyrrole nitrogens is 1. The van der Waals surface area contributed by atoms with Crippen LogP contribution in [0.4, 0.5) is 5.82 Å². The van der Waals surface area contributed by atoms with E-state index in [1.165, 1.54) is 6.20 Å². The summed E-state index contributed by atoms with van der Waals surface area (Å²) in [6.45, 7) is 0. The minimum atomic E-state index is -0.733. The van der Waals surface area contributed by atoms with Crippen LogP contribution < -0.4 is 5.32 Å². The van der Waals surface area contributed by atoms with E-state index in [-0.39, 0.29) is 17.1 Å². The normalized spacial score (nSPS) is 24.3. The summed E-state index contributed by atoms with van der Waals surface area (Å²) in [6, 6.07) is 5.55. The van der Waals surface area contributed by atoms with E-state index in [2.05, 4.69) is 20.3 Å². The van der Waals surface area contributed by atoms with Crippen molar-refractivity contribution in [1.82, 2.24) is 29.5 Å². The lowest BCUT2D eigenvalue weighted by Crippen LogP contribution is -2.51. The molecule has 33 heavy (non-hydrogen) atoms. The Morgan fingerprint density at radius 2 is 1.88 bits per heavy atom. The number of nitrogens with zero attached hydrogens (tertiary/aromatic N) is 5. The molecule has 0 aliphatic heterocycles. The molecule has 3 saturated carbocycles. The number of rotatable bonds is 5. The van der Waals surface area contributed by atoms with Crippen LogP contribution in [0.2, 0.25) is 5.15 Å². The van der Waals surface area contributed by atoms with Crippen molar-refractivity contribution in [2.24, 2.45) is 17.8 Å². The van der Waals surface area contributed by atoms with Crippen LogP contribution in [0.1, 0.15) is 25.7 Å². The van der Waals surface area contributed by atoms with Gasteiger partial charge in [-0.15, -0.1) is 0 Å². The number of anilines is 1. The van der Waals surface area contributed by atoms with Gasteiger partial charge in [0.05, 0.1) is 17.7 Å². The molecule has 10 heteroatoms. The molecule has 9 nitrogen and oxygen atoms in total. The van der Waals surface area contributed by atoms with E-state index in [1.54, 1.807) is 6.20 Å². The molecule has 7 rings (SSSR count). The van der Waals surface area contributed by atoms with E-state index in [9.17, 15) is 9.90 Å². The number of carboxylic acids is 1. The third kappa shape index (κ3) is 3.52. The van der Waals surface area contributed by atoms with Crippen LogP contribution >= 0.6 is 11.6 Å². The van der Waals surface area contributed by atoms with Crippen molar-refractivity contribution in [2.75, 3.05) is 5.32 Å². The molecule has 0 saturated heterocycles. The number of carbonyl (C=O) groups is 1. The molecule has 3 fully saturated rings. The Balaban J connectivity index is 1.45. The second-order valence-electron chi connectivity index (χ2n) is 8.83. The maximum atomic E-state index is 12.1. The number of aromatic nitrogens is 6. The van der Waals surface area contributed by atoms with Gasteiger partial charge in [-0.3, -0.25) is 4.79 Å². The highest BCUT2D eigenvalue weighted by molar-refractivity contribution is 6.29. The average molecular weight is 464 g/mol. The summed E-state index contributed by atoms with van der Waals surface area (Å²) in [5, 5.41) is 13.7. The highest BCUT2D eigenvalue weighted by Gasteiger charge is 2.47. The molecule has 168 valence electrons. The molecule has 2 bridgehead atoms. The van der Waals surface area contributed by atoms with Crippen LogP contribution in [0.5, 0.6) is 0 Å². The number of nitrogens with one attached hydrogen (secondary N) is 2. The first-order valence-electron chi connectivity index (χ1n) is 11.1. The van der Waals surface area contributed by atoms with Gasteiger partial charge in [0.25, 0.3) is 0 Å². The van der Waals surface area contributed by atoms with Crippen molar-refractivity contribution in [3.8, 4) is 17.2 Å². The first-order chi connectivity index (χ1) is 16.1. The van der Waals surface area contributed by atoms with Crippen molar-refractivity contribution in [3.05, 3.63) is 48.1 Å². The minimum absolute atomic E-state index is 0.160. The van der Waals surface area contributed by atoms with Gasteiger partial charge in [0.2, 0.25) is 0 Å². The minimum Gasteiger partial charge on any atom is -0.481 e. The predicted molar refractivity (Wildman–Crippen MR) is 123 cm³/mol. The Kier molecular flexibility index (Phi) is 4.79. The van der Waals surface area contributed by atoms with Gasteiger partial charge in [-0.2, -0.15) is 0 Å². The highest BCUT2D eigenvalue weighted by atomic mass is 35.5. The molecule has 0 radical (unpaired) electrons. The zero-order chi connectivity index (χ0) is 22.5. The fraction of sp³-hybridized carbons (Fsp3) is 0.348. The van der Waals surface area contributed by atoms with Gasteiger partial charge in [-0.1, -0.05) is 11.6 Å². The maximum Gasteiger partial charge on any atom is 0.308 e. The van der Waals surface area contributed by atoms with Crippen LogP contribution in [0.3, 0.4) is 0 Å². The maximum absolute atomic E-state index is 12.1. The van der Waals surface area contributed by atoms with Crippen molar-refractivity contribution >= 4 is 34.6 Å². The Morgan fingerprint density at radius 1 is 1.12 bits per heavy atom. The van der Waals surface area contributed by atoms with Crippen LogP contribution in [-0.2, 0) is 4.79 Å². The molecule has 0 spiro atoms. The van der Waals surface area contributed by atoms with Gasteiger partial charge < -0.3 is 20.0 Å². The number of carboxylic acid groups (broad SMARTS) is 1. The number of aliphatic carboxylic acids is 1. The predicted octanol–water partition coefficient (Wildman–Crippen LogP) is 4.16. The van der Waals surface area contributed by atoms with Crippen LogP contribution in [0, 0.1) is 17.8 Å². The Morgan fingerprint density at radius 3 is 2.64 bits per heavy atom. The summed E-state index contributed by atoms with van der Waals surface area (Å²) < 4.78 is 1.89. The monoisotopic (exact) mass is 463 g/mol. The summed E-state index contributed by atoms with van der Waals surface area (Å²) >= 11 is 6.09. The average Bonchev–Trinajstić information content (AvgIpc) is 3.49. The molecule has 4 aromatic heterocycles. The third-order valence-electron chi connectivity index (χ3n) is 6.99. The molecule has 4 aromatic rings. The van der Waals surface area contributed by atoms with Crippen LogP contribution in [-0.4, -0.2) is 46.6 Å². The highest BCUT2D eigenvalue weighted by Crippen LogP contribution is 2.46. The molecular weight excluding hydrogens is 442 g/mol. The van der Waals surface area contributed by atoms with E-state index in [0.29, 0.717) is 40.1 Å². The van der Waals surface area contributed by atoms with Gasteiger partial charge in [0.15, 0.2) is 11.5 Å². The van der Waals surface area contributed by atoms with Crippen molar-refractivity contribution in [1.29, 1.82) is 0 Å². The van der Waals surface area contributed by atoms with Gasteiger partial charge in [-0.25, -0.2) is 19.9 Å². The standard InChI is InChI=1S/C23H22ClN7O2/c24-15-11-26-22-20(27-15)14(10-25-22)21-29-16(9-17(30-21)31-7-1-2-8-31)28-19-13-5-3-12(4-6-13)18(19)23(32)33/h1-2,7-13,18-19H,3-6H2,(H,25,26)(H,32,33)(H,28,29,30)/t12?,13?,18-,19?/m0/s1. The summed E-state index contributed by atoms with van der Waals surface area (Å²) in [7, 11) is 0. The number of aromatic amines is 1. The molecule has 4 heterocycles. The molecule has 0 aromatic carbocycles. The second kappa shape index (κ2) is 7.84. The quantitative estimate of drug-likeness (QED) is 0.406. The van der Waals surface area contributed by atoms with E-state index < -0.39 is 11.9 Å². The largest absolute Gasteiger partial charge is 0.481 e. The van der Waals surface area contributed by atoms with Gasteiger partial charge in [0, 0.05) is 30.7 Å². The molecular formula is C23H22ClN7O2. The third-order valence-corrected chi connectivity index (χ3v) is 7.17. The zero-order valence-electron chi connectivity index (χ0n) is 17.6.